The van der Waals surface area contributed by atoms with Crippen molar-refractivity contribution in [1.82, 2.24) is 0 Å². The number of cyclic esters (lactones) is 1. The van der Waals surface area contributed by atoms with Crippen LogP contribution in [0.15, 0.2) is 47.1 Å². The molecule has 0 N–H and O–H groups in total. The van der Waals surface area contributed by atoms with Gasteiger partial charge in [0, 0.05) is 27.2 Å². The Morgan fingerprint density at radius 2 is 1.96 bits per heavy atom. The molecule has 0 fully saturated rings. The minimum Gasteiger partial charge on any atom is -0.401 e. The van der Waals surface area contributed by atoms with Crippen molar-refractivity contribution >= 4 is 79.9 Å². The zero-order valence-electron chi connectivity index (χ0n) is 13.6. The first kappa shape index (κ1) is 18.9. The molecule has 28 heavy (non-hydrogen) atoms. The molecule has 0 saturated heterocycles. The number of nitro benzene ring substituents is 1. The Morgan fingerprint density at radius 1 is 1.18 bits per heavy atom. The quantitative estimate of drug-likeness (QED) is 0.207. The molecule has 140 valence electrons. The summed E-state index contributed by atoms with van der Waals surface area (Å²) in [7, 11) is 0. The van der Waals surface area contributed by atoms with Crippen molar-refractivity contribution in [3.63, 3.8) is 0 Å². The van der Waals surface area contributed by atoms with Crippen molar-refractivity contribution in [3.8, 4) is 0 Å². The molecule has 0 atom stereocenters. The van der Waals surface area contributed by atoms with Gasteiger partial charge < -0.3 is 4.74 Å². The molecule has 0 saturated carbocycles. The molecule has 0 radical (unpaired) electrons. The highest BCUT2D eigenvalue weighted by Crippen LogP contribution is 2.42. The molecule has 0 aliphatic carbocycles. The van der Waals surface area contributed by atoms with Crippen molar-refractivity contribution in [3.05, 3.63) is 77.7 Å². The van der Waals surface area contributed by atoms with Gasteiger partial charge in [0.2, 0.25) is 5.90 Å². The molecule has 2 aromatic carbocycles. The summed E-state index contributed by atoms with van der Waals surface area (Å²) in [5.74, 6) is -0.640. The third kappa shape index (κ3) is 3.38. The van der Waals surface area contributed by atoms with E-state index in [0.29, 0.717) is 30.9 Å². The average molecular weight is 454 g/mol. The molecule has 3 aromatic rings. The zero-order valence-corrected chi connectivity index (χ0v) is 16.7. The van der Waals surface area contributed by atoms with Crippen LogP contribution in [0.5, 0.6) is 0 Å². The number of nitrogens with zero attached hydrogens (tertiary/aromatic N) is 2. The summed E-state index contributed by atoms with van der Waals surface area (Å²) < 4.78 is 5.98. The molecule has 1 aliphatic heterocycles. The molecule has 10 heteroatoms. The molecule has 2 heterocycles. The van der Waals surface area contributed by atoms with Crippen LogP contribution >= 0.6 is 46.1 Å². The second-order valence-corrected chi connectivity index (χ2v) is 7.97. The predicted molar refractivity (Wildman–Crippen MR) is 111 cm³/mol. The maximum Gasteiger partial charge on any atom is 0.363 e. The van der Waals surface area contributed by atoms with Gasteiger partial charge in [0.15, 0.2) is 5.70 Å². The normalized spacial score (nSPS) is 15.2. The maximum absolute atomic E-state index is 12.2. The highest BCUT2D eigenvalue weighted by Gasteiger charge is 2.28. The van der Waals surface area contributed by atoms with E-state index in [1.165, 1.54) is 35.6 Å². The van der Waals surface area contributed by atoms with E-state index in [0.717, 1.165) is 4.70 Å². The number of halogens is 3. The Bertz CT molecular complexity index is 1230. The largest absolute Gasteiger partial charge is 0.401 e. The number of esters is 1. The predicted octanol–water partition coefficient (Wildman–Crippen LogP) is 6.11. The number of aliphatic imine (C=N–C) groups is 1. The number of non-ortho nitro benzene ring substituents is 1. The number of fused-ring (bicyclic) bond motifs is 1. The first-order valence-corrected chi connectivity index (χ1v) is 9.63. The number of carbonyl (C=O) groups is 1. The van der Waals surface area contributed by atoms with Crippen LogP contribution in [0.1, 0.15) is 10.4 Å². The van der Waals surface area contributed by atoms with Gasteiger partial charge in [-0.3, -0.25) is 10.1 Å². The number of hydrogen-bond acceptors (Lipinski definition) is 6. The molecule has 0 unspecified atom stereocenters. The third-order valence-electron chi connectivity index (χ3n) is 3.85. The highest BCUT2D eigenvalue weighted by atomic mass is 35.5. The standard InChI is InChI=1S/C18H7Cl3N2O4S/c19-9-6-11(20)14-13(7-9)28-16(15(14)21)17-22-12(18(24)27-17)5-8-2-1-3-10(4-8)23(25)26/h1-7H/b12-5-. The monoisotopic (exact) mass is 452 g/mol. The minimum absolute atomic E-state index is 0.00755. The summed E-state index contributed by atoms with van der Waals surface area (Å²) >= 11 is 19.9. The fourth-order valence-electron chi connectivity index (χ4n) is 2.64. The fraction of sp³-hybridized carbons (Fsp3) is 0. The van der Waals surface area contributed by atoms with E-state index in [9.17, 15) is 14.9 Å². The van der Waals surface area contributed by atoms with E-state index in [1.54, 1.807) is 18.2 Å². The van der Waals surface area contributed by atoms with E-state index in [2.05, 4.69) is 4.99 Å². The van der Waals surface area contributed by atoms with Gasteiger partial charge in [0.05, 0.1) is 15.0 Å². The summed E-state index contributed by atoms with van der Waals surface area (Å²) in [5, 5.41) is 12.6. The Hall–Kier alpha value is -2.45. The molecular weight excluding hydrogens is 447 g/mol. The van der Waals surface area contributed by atoms with Crippen molar-refractivity contribution in [2.24, 2.45) is 4.99 Å². The molecule has 6 nitrogen and oxygen atoms in total. The van der Waals surface area contributed by atoms with Gasteiger partial charge in [-0.05, 0) is 23.8 Å². The molecule has 0 spiro atoms. The number of nitro groups is 1. The van der Waals surface area contributed by atoms with Crippen LogP contribution in [-0.4, -0.2) is 16.8 Å². The minimum atomic E-state index is -0.681. The Kier molecular flexibility index (Phi) is 4.84. The van der Waals surface area contributed by atoms with E-state index in [4.69, 9.17) is 39.5 Å². The topological polar surface area (TPSA) is 81.8 Å². The van der Waals surface area contributed by atoms with Crippen molar-refractivity contribution in [2.45, 2.75) is 0 Å². The third-order valence-corrected chi connectivity index (χ3v) is 5.98. The number of carbonyl (C=O) groups excluding carboxylic acids is 1. The lowest BCUT2D eigenvalue weighted by Crippen LogP contribution is -2.04. The van der Waals surface area contributed by atoms with Gasteiger partial charge in [-0.25, -0.2) is 9.79 Å². The second kappa shape index (κ2) is 7.18. The molecular formula is C18H7Cl3N2O4S. The van der Waals surface area contributed by atoms with Crippen molar-refractivity contribution in [2.75, 3.05) is 0 Å². The lowest BCUT2D eigenvalue weighted by Gasteiger charge is -1.97. The summed E-state index contributed by atoms with van der Waals surface area (Å²) in [4.78, 5) is 27.2. The lowest BCUT2D eigenvalue weighted by molar-refractivity contribution is -0.384. The highest BCUT2D eigenvalue weighted by molar-refractivity contribution is 7.21. The molecule has 0 bridgehead atoms. The van der Waals surface area contributed by atoms with Gasteiger partial charge in [0.1, 0.15) is 4.88 Å². The van der Waals surface area contributed by atoms with Gasteiger partial charge in [0.25, 0.3) is 5.69 Å². The van der Waals surface area contributed by atoms with Crippen LogP contribution in [0.25, 0.3) is 16.2 Å². The second-order valence-electron chi connectivity index (χ2n) is 5.69. The van der Waals surface area contributed by atoms with Gasteiger partial charge in [-0.2, -0.15) is 0 Å². The fourth-order valence-corrected chi connectivity index (χ4v) is 4.94. The van der Waals surface area contributed by atoms with E-state index in [-0.39, 0.29) is 17.3 Å². The van der Waals surface area contributed by atoms with Crippen molar-refractivity contribution < 1.29 is 14.5 Å². The Balaban J connectivity index is 1.77. The van der Waals surface area contributed by atoms with Gasteiger partial charge >= 0.3 is 5.97 Å². The number of thiophene rings is 1. The van der Waals surface area contributed by atoms with Crippen LogP contribution in [0.3, 0.4) is 0 Å². The van der Waals surface area contributed by atoms with Crippen molar-refractivity contribution in [1.29, 1.82) is 0 Å². The molecule has 1 aromatic heterocycles. The molecule has 1 aliphatic rings. The van der Waals surface area contributed by atoms with Gasteiger partial charge in [-0.1, -0.05) is 46.9 Å². The summed E-state index contributed by atoms with van der Waals surface area (Å²) in [6.45, 7) is 0. The number of hydrogen-bond donors (Lipinski definition) is 0. The van der Waals surface area contributed by atoms with Gasteiger partial charge in [-0.15, -0.1) is 11.3 Å². The SMILES string of the molecule is O=C1OC(c2sc3cc(Cl)cc(Cl)c3c2Cl)=N/C1=C\c1cccc([N+](=O)[O-])c1. The first-order valence-electron chi connectivity index (χ1n) is 7.68. The Labute approximate surface area is 176 Å². The first-order chi connectivity index (χ1) is 13.3. The van der Waals surface area contributed by atoms with Crippen LogP contribution < -0.4 is 0 Å². The summed E-state index contributed by atoms with van der Waals surface area (Å²) in [6.07, 6.45) is 1.41. The smallest absolute Gasteiger partial charge is 0.363 e. The average Bonchev–Trinajstić information content (AvgIpc) is 3.15. The number of rotatable bonds is 3. The van der Waals surface area contributed by atoms with E-state index in [1.807, 2.05) is 0 Å². The van der Waals surface area contributed by atoms with Crippen LogP contribution in [-0.2, 0) is 9.53 Å². The number of benzene rings is 2. The maximum atomic E-state index is 12.2. The van der Waals surface area contributed by atoms with E-state index < -0.39 is 10.9 Å². The zero-order chi connectivity index (χ0) is 20.0. The Morgan fingerprint density at radius 3 is 2.71 bits per heavy atom. The lowest BCUT2D eigenvalue weighted by atomic mass is 10.2. The summed E-state index contributed by atoms with van der Waals surface area (Å²) in [6, 6.07) is 9.11. The van der Waals surface area contributed by atoms with E-state index >= 15 is 0 Å². The van der Waals surface area contributed by atoms with Crippen LogP contribution in [0, 0.1) is 10.1 Å². The molecule has 0 amide bonds. The molecule has 4 rings (SSSR count). The number of ether oxygens (including phenoxy) is 1. The van der Waals surface area contributed by atoms with Crippen LogP contribution in [0.4, 0.5) is 5.69 Å². The van der Waals surface area contributed by atoms with Crippen LogP contribution in [0.2, 0.25) is 15.1 Å². The summed E-state index contributed by atoms with van der Waals surface area (Å²) in [5.41, 5.74) is 0.362.